The number of pyridine rings is 2. The van der Waals surface area contributed by atoms with Gasteiger partial charge in [0.25, 0.3) is 0 Å². The van der Waals surface area contributed by atoms with Gasteiger partial charge in [-0.2, -0.15) is 0 Å². The van der Waals surface area contributed by atoms with Crippen LogP contribution in [0.2, 0.25) is 0 Å². The average Bonchev–Trinajstić information content (AvgIpc) is 2.60. The number of primary amides is 1. The Kier molecular flexibility index (Phi) is 5.38. The molecule has 3 N–H and O–H groups in total. The van der Waals surface area contributed by atoms with Gasteiger partial charge in [0.1, 0.15) is 0 Å². The highest BCUT2D eigenvalue weighted by atomic mass is 32.2. The molecule has 25 heavy (non-hydrogen) atoms. The first kappa shape index (κ1) is 18.8. The van der Waals surface area contributed by atoms with Crippen LogP contribution in [0.5, 0.6) is 0 Å². The third kappa shape index (κ3) is 3.94. The molecule has 2 rings (SSSR count). The zero-order valence-electron chi connectivity index (χ0n) is 13.1. The predicted molar refractivity (Wildman–Crippen MR) is 88.8 cm³/mol. The Hall–Kier alpha value is -2.53. The Balaban J connectivity index is 2.53. The molecule has 134 valence electrons. The first-order chi connectivity index (χ1) is 11.7. The van der Waals surface area contributed by atoms with Crippen LogP contribution in [0.15, 0.2) is 58.8 Å². The second-order valence-electron chi connectivity index (χ2n) is 5.06. The van der Waals surface area contributed by atoms with Gasteiger partial charge in [-0.15, -0.1) is 0 Å². The highest BCUT2D eigenvalue weighted by Crippen LogP contribution is 2.22. The topological polar surface area (TPSA) is 149 Å². The van der Waals surface area contributed by atoms with E-state index in [4.69, 9.17) is 5.73 Å². The Morgan fingerprint density at radius 3 is 1.84 bits per heavy atom. The molecular weight excluding hydrogens is 368 g/mol. The van der Waals surface area contributed by atoms with Crippen LogP contribution in [0, 0.1) is 0 Å². The summed E-state index contributed by atoms with van der Waals surface area (Å²) in [7, 11) is -8.48. The lowest BCUT2D eigenvalue weighted by Gasteiger charge is -2.23. The lowest BCUT2D eigenvalue weighted by atomic mass is 10.4. The van der Waals surface area contributed by atoms with Crippen LogP contribution in [0.1, 0.15) is 6.92 Å². The molecule has 9 nitrogen and oxygen atoms in total. The van der Waals surface area contributed by atoms with E-state index in [-0.39, 0.29) is 10.1 Å². The molecule has 0 bridgehead atoms. The SMILES string of the molecule is CC(C(NC(N)=O)S(=O)(=O)c1ccccn1)S(=O)(=O)c1ccccn1. The lowest BCUT2D eigenvalue weighted by Crippen LogP contribution is -2.52. The molecule has 2 unspecified atom stereocenters. The quantitative estimate of drug-likeness (QED) is 0.717. The minimum Gasteiger partial charge on any atom is -0.352 e. The van der Waals surface area contributed by atoms with Crippen LogP contribution in [0.4, 0.5) is 4.79 Å². The van der Waals surface area contributed by atoms with E-state index in [0.717, 1.165) is 6.92 Å². The molecule has 0 aliphatic rings. The van der Waals surface area contributed by atoms with Crippen molar-refractivity contribution in [3.05, 3.63) is 48.8 Å². The fraction of sp³-hybridized carbons (Fsp3) is 0.214. The maximum absolute atomic E-state index is 12.8. The number of hydrogen-bond acceptors (Lipinski definition) is 7. The maximum atomic E-state index is 12.8. The summed E-state index contributed by atoms with van der Waals surface area (Å²) in [5.74, 6) is 0. The van der Waals surface area contributed by atoms with E-state index in [1.165, 1.54) is 48.8 Å². The van der Waals surface area contributed by atoms with Crippen LogP contribution in [-0.2, 0) is 19.7 Å². The van der Waals surface area contributed by atoms with Crippen LogP contribution in [0.25, 0.3) is 0 Å². The first-order valence-corrected chi connectivity index (χ1v) is 10.1. The Morgan fingerprint density at radius 2 is 1.44 bits per heavy atom. The molecule has 0 fully saturated rings. The monoisotopic (exact) mass is 384 g/mol. The predicted octanol–water partition coefficient (Wildman–Crippen LogP) is 0.107. The third-order valence-electron chi connectivity index (χ3n) is 3.39. The maximum Gasteiger partial charge on any atom is 0.313 e. The van der Waals surface area contributed by atoms with Gasteiger partial charge in [-0.1, -0.05) is 12.1 Å². The number of rotatable bonds is 6. The smallest absolute Gasteiger partial charge is 0.313 e. The van der Waals surface area contributed by atoms with Crippen LogP contribution in [0.3, 0.4) is 0 Å². The molecular formula is C14H16N4O5S2. The second kappa shape index (κ2) is 7.15. The number of nitrogens with two attached hydrogens (primary N) is 1. The minimum absolute atomic E-state index is 0.310. The summed E-state index contributed by atoms with van der Waals surface area (Å²) in [6, 6.07) is 7.17. The number of aromatic nitrogens is 2. The zero-order valence-corrected chi connectivity index (χ0v) is 14.7. The van der Waals surface area contributed by atoms with Gasteiger partial charge >= 0.3 is 6.03 Å². The number of carbonyl (C=O) groups is 1. The van der Waals surface area contributed by atoms with Crippen molar-refractivity contribution in [1.82, 2.24) is 15.3 Å². The second-order valence-corrected chi connectivity index (χ2v) is 9.33. The number of sulfone groups is 2. The van der Waals surface area contributed by atoms with Crippen molar-refractivity contribution in [2.24, 2.45) is 5.73 Å². The Bertz CT molecular complexity index is 947. The van der Waals surface area contributed by atoms with Crippen molar-refractivity contribution in [2.45, 2.75) is 27.6 Å². The van der Waals surface area contributed by atoms with E-state index < -0.39 is 36.3 Å². The molecule has 2 aromatic heterocycles. The normalized spacial score (nSPS) is 14.4. The van der Waals surface area contributed by atoms with Gasteiger partial charge in [0, 0.05) is 12.4 Å². The molecule has 0 saturated carbocycles. The summed E-state index contributed by atoms with van der Waals surface area (Å²) in [4.78, 5) is 18.7. The van der Waals surface area contributed by atoms with Crippen LogP contribution < -0.4 is 11.1 Å². The third-order valence-corrected chi connectivity index (χ3v) is 7.66. The fourth-order valence-corrected chi connectivity index (χ4v) is 5.74. The molecule has 2 aromatic rings. The van der Waals surface area contributed by atoms with Gasteiger partial charge < -0.3 is 11.1 Å². The number of nitrogens with one attached hydrogen (secondary N) is 1. The molecule has 2 heterocycles. The molecule has 0 radical (unpaired) electrons. The molecule has 0 spiro atoms. The van der Waals surface area contributed by atoms with E-state index in [2.05, 4.69) is 9.97 Å². The molecule has 2 amide bonds. The van der Waals surface area contributed by atoms with Crippen LogP contribution in [-0.4, -0.2) is 43.5 Å². The molecule has 0 aliphatic heterocycles. The van der Waals surface area contributed by atoms with E-state index in [9.17, 15) is 21.6 Å². The molecule has 11 heteroatoms. The fourth-order valence-electron chi connectivity index (χ4n) is 2.10. The standard InChI is InChI=1S/C14H16N4O5S2/c1-10(24(20,21)11-6-2-4-8-16-11)13(18-14(15)19)25(22,23)12-7-3-5-9-17-12/h2-10,13H,1H3,(H3,15,18,19). The number of hydrogen-bond donors (Lipinski definition) is 2. The van der Waals surface area contributed by atoms with E-state index in [1.54, 1.807) is 0 Å². The van der Waals surface area contributed by atoms with Crippen molar-refractivity contribution < 1.29 is 21.6 Å². The molecule has 0 aromatic carbocycles. The molecule has 2 atom stereocenters. The highest BCUT2D eigenvalue weighted by Gasteiger charge is 2.42. The average molecular weight is 384 g/mol. The van der Waals surface area contributed by atoms with Gasteiger partial charge in [-0.05, 0) is 31.2 Å². The van der Waals surface area contributed by atoms with E-state index in [0.29, 0.717) is 0 Å². The number of carbonyl (C=O) groups excluding carboxylic acids is 1. The van der Waals surface area contributed by atoms with Gasteiger partial charge in [0.2, 0.25) is 19.7 Å². The summed E-state index contributed by atoms with van der Waals surface area (Å²) in [6.07, 6.45) is 2.51. The van der Waals surface area contributed by atoms with Gasteiger partial charge in [-0.25, -0.2) is 31.6 Å². The van der Waals surface area contributed by atoms with Crippen molar-refractivity contribution in [3.63, 3.8) is 0 Å². The summed E-state index contributed by atoms with van der Waals surface area (Å²) < 4.78 is 50.9. The first-order valence-electron chi connectivity index (χ1n) is 7.03. The summed E-state index contributed by atoms with van der Waals surface area (Å²) in [5.41, 5.74) is 5.04. The Morgan fingerprint density at radius 1 is 0.960 bits per heavy atom. The number of nitrogens with zero attached hydrogens (tertiary/aromatic N) is 2. The summed E-state index contributed by atoms with van der Waals surface area (Å²) in [6.45, 7) is 1.16. The van der Waals surface area contributed by atoms with Crippen molar-refractivity contribution in [3.8, 4) is 0 Å². The highest BCUT2D eigenvalue weighted by molar-refractivity contribution is 7.96. The molecule has 0 saturated heterocycles. The minimum atomic E-state index is -4.32. The Labute approximate surface area is 145 Å². The van der Waals surface area contributed by atoms with Crippen LogP contribution >= 0.6 is 0 Å². The number of amides is 2. The van der Waals surface area contributed by atoms with Gasteiger partial charge in [-0.3, -0.25) is 0 Å². The van der Waals surface area contributed by atoms with Crippen molar-refractivity contribution in [2.75, 3.05) is 0 Å². The lowest BCUT2D eigenvalue weighted by molar-refractivity contribution is 0.247. The van der Waals surface area contributed by atoms with Gasteiger partial charge in [0.15, 0.2) is 15.4 Å². The van der Waals surface area contributed by atoms with Crippen molar-refractivity contribution in [1.29, 1.82) is 0 Å². The van der Waals surface area contributed by atoms with Crippen molar-refractivity contribution >= 4 is 25.7 Å². The summed E-state index contributed by atoms with van der Waals surface area (Å²) in [5, 5.41) is -2.07. The van der Waals surface area contributed by atoms with E-state index in [1.807, 2.05) is 5.32 Å². The van der Waals surface area contributed by atoms with E-state index >= 15 is 0 Å². The van der Waals surface area contributed by atoms with Gasteiger partial charge in [0.05, 0.1) is 5.25 Å². The zero-order chi connectivity index (χ0) is 18.7. The molecule has 0 aliphatic carbocycles. The largest absolute Gasteiger partial charge is 0.352 e. The summed E-state index contributed by atoms with van der Waals surface area (Å²) >= 11 is 0. The number of urea groups is 1.